The summed E-state index contributed by atoms with van der Waals surface area (Å²) in [5, 5.41) is 0. The fraction of sp³-hybridized carbons (Fsp3) is 0.214. The van der Waals surface area contributed by atoms with Crippen molar-refractivity contribution in [1.82, 2.24) is 4.98 Å². The van der Waals surface area contributed by atoms with Gasteiger partial charge in [0, 0.05) is 6.42 Å². The molecule has 1 aromatic heterocycles. The molecule has 0 N–H and O–H groups in total. The van der Waals surface area contributed by atoms with Crippen molar-refractivity contribution in [3.05, 3.63) is 60.7 Å². The van der Waals surface area contributed by atoms with Gasteiger partial charge in [-0.3, -0.25) is 9.78 Å². The highest BCUT2D eigenvalue weighted by molar-refractivity contribution is 5.77. The summed E-state index contributed by atoms with van der Waals surface area (Å²) in [6.07, 6.45) is 8.38. The quantitative estimate of drug-likeness (QED) is 0.727. The number of carbonyl (C=O) groups excluding carboxylic acids is 1. The topological polar surface area (TPSA) is 33.8 Å². The van der Waals surface area contributed by atoms with E-state index in [1.54, 1.807) is 24.8 Å². The lowest BCUT2D eigenvalue weighted by Gasteiger charge is -1.99. The molecule has 2 aromatic rings. The van der Waals surface area contributed by atoms with Gasteiger partial charge in [0.25, 0.3) is 0 Å². The van der Waals surface area contributed by atoms with Crippen LogP contribution >= 0.6 is 0 Å². The minimum absolute atomic E-state index is 0.241. The number of aryl methyl sites for hydroxylation is 1. The largest absolute Gasteiger partial charge is 0.293 e. The van der Waals surface area contributed by atoms with Crippen LogP contribution in [0.25, 0.3) is 0 Å². The van der Waals surface area contributed by atoms with Gasteiger partial charge in [-0.25, -0.2) is 0 Å². The first kappa shape index (κ1) is 11.5. The van der Waals surface area contributed by atoms with Gasteiger partial charge in [0.2, 0.25) is 6.54 Å². The highest BCUT2D eigenvalue weighted by Crippen LogP contribution is 2.02. The normalized spacial score (nSPS) is 10.1. The first-order valence-electron chi connectivity index (χ1n) is 5.69. The summed E-state index contributed by atoms with van der Waals surface area (Å²) < 4.78 is 1.85. The van der Waals surface area contributed by atoms with Gasteiger partial charge in [0.05, 0.1) is 12.4 Å². The maximum atomic E-state index is 11.7. The third-order valence-corrected chi connectivity index (χ3v) is 2.58. The van der Waals surface area contributed by atoms with Crippen LogP contribution in [-0.2, 0) is 17.8 Å². The number of benzene rings is 1. The van der Waals surface area contributed by atoms with Crippen molar-refractivity contribution in [2.75, 3.05) is 0 Å². The summed E-state index contributed by atoms with van der Waals surface area (Å²) in [5.41, 5.74) is 1.21. The minimum atomic E-state index is 0.241. The number of hydrogen-bond donors (Lipinski definition) is 0. The van der Waals surface area contributed by atoms with Gasteiger partial charge < -0.3 is 0 Å². The predicted molar refractivity (Wildman–Crippen MR) is 64.2 cm³/mol. The molecule has 86 valence electrons. The smallest absolute Gasteiger partial charge is 0.206 e. The summed E-state index contributed by atoms with van der Waals surface area (Å²) in [5.74, 6) is 0.241. The molecular formula is C14H15N2O+. The van der Waals surface area contributed by atoms with Gasteiger partial charge in [-0.15, -0.1) is 0 Å². The van der Waals surface area contributed by atoms with Crippen LogP contribution in [0.4, 0.5) is 0 Å². The second-order valence-electron chi connectivity index (χ2n) is 3.94. The fourth-order valence-corrected chi connectivity index (χ4v) is 1.66. The molecule has 0 aliphatic carbocycles. The van der Waals surface area contributed by atoms with Gasteiger partial charge >= 0.3 is 0 Å². The van der Waals surface area contributed by atoms with E-state index in [9.17, 15) is 4.79 Å². The second kappa shape index (κ2) is 5.89. The number of rotatable bonds is 5. The Morgan fingerprint density at radius 2 is 1.82 bits per heavy atom. The Morgan fingerprint density at radius 1 is 1.12 bits per heavy atom. The molecule has 3 nitrogen and oxygen atoms in total. The lowest BCUT2D eigenvalue weighted by Crippen LogP contribution is -2.37. The van der Waals surface area contributed by atoms with E-state index in [1.165, 1.54) is 5.56 Å². The molecule has 0 amide bonds. The van der Waals surface area contributed by atoms with Crippen molar-refractivity contribution in [2.45, 2.75) is 19.4 Å². The molecule has 0 aliphatic rings. The van der Waals surface area contributed by atoms with Crippen LogP contribution < -0.4 is 4.57 Å². The molecule has 0 aliphatic heterocycles. The van der Waals surface area contributed by atoms with Gasteiger partial charge in [-0.1, -0.05) is 30.3 Å². The Bertz CT molecular complexity index is 468. The summed E-state index contributed by atoms with van der Waals surface area (Å²) in [7, 11) is 0. The molecule has 0 fully saturated rings. The van der Waals surface area contributed by atoms with Crippen molar-refractivity contribution < 1.29 is 9.36 Å². The molecule has 0 spiro atoms. The van der Waals surface area contributed by atoms with Gasteiger partial charge in [0.1, 0.15) is 0 Å². The second-order valence-corrected chi connectivity index (χ2v) is 3.94. The van der Waals surface area contributed by atoms with Crippen molar-refractivity contribution in [2.24, 2.45) is 0 Å². The number of aromatic nitrogens is 2. The zero-order valence-corrected chi connectivity index (χ0v) is 9.62. The van der Waals surface area contributed by atoms with Crippen molar-refractivity contribution in [1.29, 1.82) is 0 Å². The first-order valence-corrected chi connectivity index (χ1v) is 5.69. The molecule has 2 rings (SSSR count). The van der Waals surface area contributed by atoms with E-state index in [0.717, 1.165) is 6.42 Å². The Balaban J connectivity index is 1.83. The van der Waals surface area contributed by atoms with E-state index in [-0.39, 0.29) is 5.78 Å². The molecule has 1 heterocycles. The Morgan fingerprint density at radius 3 is 2.53 bits per heavy atom. The molecule has 0 saturated heterocycles. The van der Waals surface area contributed by atoms with Crippen LogP contribution in [-0.4, -0.2) is 10.8 Å². The van der Waals surface area contributed by atoms with Crippen molar-refractivity contribution in [3.8, 4) is 0 Å². The average molecular weight is 227 g/mol. The van der Waals surface area contributed by atoms with Gasteiger partial charge in [-0.2, -0.15) is 4.57 Å². The van der Waals surface area contributed by atoms with E-state index in [2.05, 4.69) is 4.98 Å². The summed E-state index contributed by atoms with van der Waals surface area (Å²) >= 11 is 0. The number of hydrogen-bond acceptors (Lipinski definition) is 2. The zero-order chi connectivity index (χ0) is 11.9. The molecule has 0 saturated carbocycles. The third kappa shape index (κ3) is 3.79. The van der Waals surface area contributed by atoms with Crippen LogP contribution in [0.2, 0.25) is 0 Å². The monoisotopic (exact) mass is 227 g/mol. The number of nitrogens with zero attached hydrogens (tertiary/aromatic N) is 2. The minimum Gasteiger partial charge on any atom is -0.293 e. The lowest BCUT2D eigenvalue weighted by molar-refractivity contribution is -0.684. The molecule has 0 unspecified atom stereocenters. The van der Waals surface area contributed by atoms with Crippen LogP contribution in [0.5, 0.6) is 0 Å². The molecule has 1 aromatic carbocycles. The van der Waals surface area contributed by atoms with Crippen molar-refractivity contribution in [3.63, 3.8) is 0 Å². The molecule has 17 heavy (non-hydrogen) atoms. The first-order chi connectivity index (χ1) is 8.34. The van der Waals surface area contributed by atoms with E-state index in [1.807, 2.05) is 34.9 Å². The maximum absolute atomic E-state index is 11.7. The predicted octanol–water partition coefficient (Wildman–Crippen LogP) is 1.57. The van der Waals surface area contributed by atoms with E-state index >= 15 is 0 Å². The SMILES string of the molecule is O=C(CCc1ccccc1)C[n+]1ccncc1. The van der Waals surface area contributed by atoms with Gasteiger partial charge in [0.15, 0.2) is 18.2 Å². The summed E-state index contributed by atoms with van der Waals surface area (Å²) in [4.78, 5) is 15.7. The average Bonchev–Trinajstić information content (AvgIpc) is 2.39. The standard InChI is InChI=1S/C14H15N2O/c17-14(12-16-10-8-15-9-11-16)7-6-13-4-2-1-3-5-13/h1-5,8-11H,6-7,12H2/q+1. The highest BCUT2D eigenvalue weighted by atomic mass is 16.1. The molecule has 3 heteroatoms. The van der Waals surface area contributed by atoms with E-state index < -0.39 is 0 Å². The molecule has 0 bridgehead atoms. The zero-order valence-electron chi connectivity index (χ0n) is 9.62. The number of Topliss-reactive ketones (excluding diaryl/α,β-unsaturated/α-hetero) is 1. The van der Waals surface area contributed by atoms with E-state index in [0.29, 0.717) is 13.0 Å². The van der Waals surface area contributed by atoms with Crippen LogP contribution in [0.1, 0.15) is 12.0 Å². The summed E-state index contributed by atoms with van der Waals surface area (Å²) in [6.45, 7) is 0.426. The van der Waals surface area contributed by atoms with Crippen LogP contribution in [0, 0.1) is 0 Å². The summed E-state index contributed by atoms with van der Waals surface area (Å²) in [6, 6.07) is 10.1. The molecular weight excluding hydrogens is 212 g/mol. The van der Waals surface area contributed by atoms with Crippen molar-refractivity contribution >= 4 is 5.78 Å². The number of carbonyl (C=O) groups is 1. The highest BCUT2D eigenvalue weighted by Gasteiger charge is 2.08. The Labute approximate surface area is 101 Å². The van der Waals surface area contributed by atoms with E-state index in [4.69, 9.17) is 0 Å². The van der Waals surface area contributed by atoms with Gasteiger partial charge in [-0.05, 0) is 12.0 Å². The molecule has 0 radical (unpaired) electrons. The third-order valence-electron chi connectivity index (χ3n) is 2.58. The van der Waals surface area contributed by atoms with Crippen LogP contribution in [0.3, 0.4) is 0 Å². The maximum Gasteiger partial charge on any atom is 0.206 e. The fourth-order valence-electron chi connectivity index (χ4n) is 1.66. The Kier molecular flexibility index (Phi) is 3.97. The Hall–Kier alpha value is -2.03. The van der Waals surface area contributed by atoms with Crippen LogP contribution in [0.15, 0.2) is 55.1 Å². The number of ketones is 1. The molecule has 0 atom stereocenters. The lowest BCUT2D eigenvalue weighted by atomic mass is 10.1.